The van der Waals surface area contributed by atoms with Crippen molar-refractivity contribution < 1.29 is 9.18 Å². The molecule has 2 rings (SSSR count). The van der Waals surface area contributed by atoms with Crippen LogP contribution in [0.3, 0.4) is 0 Å². The van der Waals surface area contributed by atoms with E-state index in [2.05, 4.69) is 15.9 Å². The van der Waals surface area contributed by atoms with Gasteiger partial charge in [0.1, 0.15) is 11.6 Å². The molecule has 0 N–H and O–H groups in total. The monoisotopic (exact) mass is 325 g/mol. The molecular weight excluding hydrogens is 309 g/mol. The molecule has 1 aliphatic carbocycles. The molecule has 2 nitrogen and oxygen atoms in total. The van der Waals surface area contributed by atoms with Crippen LogP contribution < -0.4 is 0 Å². The summed E-state index contributed by atoms with van der Waals surface area (Å²) in [4.78, 5) is 11.2. The van der Waals surface area contributed by atoms with E-state index in [0.717, 1.165) is 12.0 Å². The molecule has 1 fully saturated rings. The molecule has 0 aromatic heterocycles. The predicted molar refractivity (Wildman–Crippen MR) is 76.8 cm³/mol. The minimum Gasteiger partial charge on any atom is -0.298 e. The summed E-state index contributed by atoms with van der Waals surface area (Å²) in [5.74, 6) is -0.0277. The van der Waals surface area contributed by atoms with Crippen molar-refractivity contribution in [3.63, 3.8) is 0 Å². The van der Waals surface area contributed by atoms with E-state index in [1.165, 1.54) is 12.1 Å². The second-order valence-electron chi connectivity index (χ2n) is 4.29. The molecule has 1 aliphatic rings. The molecular formula is C15H17BrFNO. The molecule has 0 heterocycles. The number of hydrogen-bond donors (Lipinski definition) is 0. The van der Waals surface area contributed by atoms with Crippen LogP contribution in [0.15, 0.2) is 18.2 Å². The maximum absolute atomic E-state index is 13.3. The van der Waals surface area contributed by atoms with Gasteiger partial charge in [0, 0.05) is 6.42 Å². The predicted octanol–water partition coefficient (Wildman–Crippen LogP) is 4.32. The van der Waals surface area contributed by atoms with E-state index in [9.17, 15) is 9.18 Å². The summed E-state index contributed by atoms with van der Waals surface area (Å²) in [6, 6.07) is 6.34. The van der Waals surface area contributed by atoms with E-state index >= 15 is 0 Å². The highest BCUT2D eigenvalue weighted by atomic mass is 79.9. The fourth-order valence-electron chi connectivity index (χ4n) is 2.19. The maximum atomic E-state index is 13.3. The van der Waals surface area contributed by atoms with Crippen LogP contribution in [0.5, 0.6) is 0 Å². The number of nitrogens with zero attached hydrogens (tertiary/aromatic N) is 1. The van der Waals surface area contributed by atoms with Crippen molar-refractivity contribution in [1.29, 1.82) is 5.26 Å². The van der Waals surface area contributed by atoms with Gasteiger partial charge in [-0.3, -0.25) is 4.79 Å². The lowest BCUT2D eigenvalue weighted by molar-refractivity contribution is -0.119. The number of alkyl halides is 1. The third-order valence-electron chi connectivity index (χ3n) is 3.10. The van der Waals surface area contributed by atoms with Crippen LogP contribution in [0, 0.1) is 17.1 Å². The molecule has 19 heavy (non-hydrogen) atoms. The van der Waals surface area contributed by atoms with Gasteiger partial charge in [-0.15, -0.1) is 0 Å². The lowest BCUT2D eigenvalue weighted by atomic mass is 9.83. The Kier molecular flexibility index (Phi) is 6.17. The molecule has 102 valence electrons. The van der Waals surface area contributed by atoms with Gasteiger partial charge >= 0.3 is 0 Å². The standard InChI is InChI=1S/C13H11BrFNO.C2H6/c14-12-6-9(1-2-13(12)17)10-3-8(7-16)4-11(15)5-10;1-2/h3-5,9,12H,1-2,6H2;1-2H3. The number of hydrogen-bond acceptors (Lipinski definition) is 2. The first kappa shape index (κ1) is 15.8. The summed E-state index contributed by atoms with van der Waals surface area (Å²) >= 11 is 3.34. The first-order valence-corrected chi connectivity index (χ1v) is 7.39. The Morgan fingerprint density at radius 1 is 1.37 bits per heavy atom. The van der Waals surface area contributed by atoms with Gasteiger partial charge in [-0.1, -0.05) is 29.8 Å². The SMILES string of the molecule is CC.N#Cc1cc(F)cc(C2CCC(=O)C(Br)C2)c1. The minimum absolute atomic E-state index is 0.143. The van der Waals surface area contributed by atoms with Gasteiger partial charge in [0.25, 0.3) is 0 Å². The zero-order valence-electron chi connectivity index (χ0n) is 11.1. The third kappa shape index (κ3) is 4.14. The van der Waals surface area contributed by atoms with Gasteiger partial charge in [-0.2, -0.15) is 5.26 Å². The summed E-state index contributed by atoms with van der Waals surface area (Å²) in [5, 5.41) is 8.80. The number of carbonyl (C=O) groups excluding carboxylic acids is 1. The van der Waals surface area contributed by atoms with Crippen LogP contribution in [0.4, 0.5) is 4.39 Å². The van der Waals surface area contributed by atoms with Gasteiger partial charge in [0.2, 0.25) is 0 Å². The molecule has 0 saturated heterocycles. The molecule has 0 bridgehead atoms. The normalized spacial score (nSPS) is 22.2. The highest BCUT2D eigenvalue weighted by Gasteiger charge is 2.27. The van der Waals surface area contributed by atoms with Gasteiger partial charge in [0.05, 0.1) is 16.5 Å². The molecule has 1 saturated carbocycles. The zero-order valence-corrected chi connectivity index (χ0v) is 12.7. The molecule has 0 radical (unpaired) electrons. The summed E-state index contributed by atoms with van der Waals surface area (Å²) in [5.41, 5.74) is 1.15. The fraction of sp³-hybridized carbons (Fsp3) is 0.467. The molecule has 0 spiro atoms. The number of carbonyl (C=O) groups is 1. The van der Waals surface area contributed by atoms with Crippen molar-refractivity contribution >= 4 is 21.7 Å². The van der Waals surface area contributed by atoms with E-state index in [0.29, 0.717) is 18.4 Å². The van der Waals surface area contributed by atoms with Crippen LogP contribution in [-0.2, 0) is 4.79 Å². The highest BCUT2D eigenvalue weighted by Crippen LogP contribution is 2.34. The third-order valence-corrected chi connectivity index (χ3v) is 3.99. The van der Waals surface area contributed by atoms with E-state index in [1.54, 1.807) is 6.07 Å². The molecule has 1 aromatic rings. The average molecular weight is 326 g/mol. The number of benzene rings is 1. The van der Waals surface area contributed by atoms with Crippen LogP contribution in [0.25, 0.3) is 0 Å². The van der Waals surface area contributed by atoms with Crippen molar-refractivity contribution in [3.05, 3.63) is 35.1 Å². The van der Waals surface area contributed by atoms with E-state index in [-0.39, 0.29) is 22.3 Å². The average Bonchev–Trinajstić information content (AvgIpc) is 2.43. The largest absolute Gasteiger partial charge is 0.298 e. The molecule has 1 aromatic carbocycles. The van der Waals surface area contributed by atoms with Gasteiger partial charge < -0.3 is 0 Å². The van der Waals surface area contributed by atoms with Crippen molar-refractivity contribution in [2.45, 2.75) is 43.9 Å². The maximum Gasteiger partial charge on any atom is 0.146 e. The molecule has 2 atom stereocenters. The smallest absolute Gasteiger partial charge is 0.146 e. The number of nitriles is 1. The Balaban J connectivity index is 0.000000861. The lowest BCUT2D eigenvalue weighted by Gasteiger charge is -2.25. The summed E-state index contributed by atoms with van der Waals surface area (Å²) < 4.78 is 13.3. The first-order chi connectivity index (χ1) is 9.10. The number of rotatable bonds is 1. The molecule has 0 amide bonds. The number of ketones is 1. The topological polar surface area (TPSA) is 40.9 Å². The Morgan fingerprint density at radius 3 is 2.63 bits per heavy atom. The van der Waals surface area contributed by atoms with Gasteiger partial charge in [-0.05, 0) is 42.5 Å². The fourth-order valence-corrected chi connectivity index (χ4v) is 2.87. The van der Waals surface area contributed by atoms with Gasteiger partial charge in [-0.25, -0.2) is 4.39 Å². The Hall–Kier alpha value is -1.21. The van der Waals surface area contributed by atoms with Crippen LogP contribution in [-0.4, -0.2) is 10.6 Å². The lowest BCUT2D eigenvalue weighted by Crippen LogP contribution is -2.23. The summed E-state index contributed by atoms with van der Waals surface area (Å²) in [6.45, 7) is 4.00. The van der Waals surface area contributed by atoms with E-state index < -0.39 is 0 Å². The minimum atomic E-state index is -0.387. The molecule has 2 unspecified atom stereocenters. The van der Waals surface area contributed by atoms with Crippen molar-refractivity contribution in [1.82, 2.24) is 0 Å². The van der Waals surface area contributed by atoms with Crippen molar-refractivity contribution in [3.8, 4) is 6.07 Å². The number of Topliss-reactive ketones (excluding diaryl/α,β-unsaturated/α-hetero) is 1. The molecule has 4 heteroatoms. The van der Waals surface area contributed by atoms with E-state index in [4.69, 9.17) is 5.26 Å². The first-order valence-electron chi connectivity index (χ1n) is 6.47. The van der Waals surface area contributed by atoms with Crippen LogP contribution in [0.2, 0.25) is 0 Å². The van der Waals surface area contributed by atoms with E-state index in [1.807, 2.05) is 19.9 Å². The van der Waals surface area contributed by atoms with Crippen molar-refractivity contribution in [2.75, 3.05) is 0 Å². The van der Waals surface area contributed by atoms with Crippen molar-refractivity contribution in [2.24, 2.45) is 0 Å². The molecule has 0 aliphatic heterocycles. The van der Waals surface area contributed by atoms with Crippen LogP contribution >= 0.6 is 15.9 Å². The second kappa shape index (κ2) is 7.40. The summed E-state index contributed by atoms with van der Waals surface area (Å²) in [6.07, 6.45) is 1.92. The van der Waals surface area contributed by atoms with Gasteiger partial charge in [0.15, 0.2) is 0 Å². The quantitative estimate of drug-likeness (QED) is 0.721. The Morgan fingerprint density at radius 2 is 2.05 bits per heavy atom. The zero-order chi connectivity index (χ0) is 14.4. The van der Waals surface area contributed by atoms with Crippen LogP contribution in [0.1, 0.15) is 50.2 Å². The Labute approximate surface area is 121 Å². The highest BCUT2D eigenvalue weighted by molar-refractivity contribution is 9.10. The Bertz CT molecular complexity index is 495. The second-order valence-corrected chi connectivity index (χ2v) is 5.40. The number of halogens is 2. The summed E-state index contributed by atoms with van der Waals surface area (Å²) in [7, 11) is 0.